The van der Waals surface area contributed by atoms with E-state index in [2.05, 4.69) is 52.7 Å². The Labute approximate surface area is 171 Å². The van der Waals surface area contributed by atoms with Gasteiger partial charge in [0.15, 0.2) is 0 Å². The first-order valence-electron chi connectivity index (χ1n) is 11.4. The smallest absolute Gasteiger partial charge is 0.240 e. The SMILES string of the molecule is CCCCCCCCCCCC(=O)NN=C1CCN(Cc2ccccc2)CC1. The summed E-state index contributed by atoms with van der Waals surface area (Å²) in [6.07, 6.45) is 14.0. The molecule has 0 atom stereocenters. The van der Waals surface area contributed by atoms with Gasteiger partial charge in [-0.15, -0.1) is 0 Å². The van der Waals surface area contributed by atoms with E-state index in [0.29, 0.717) is 6.42 Å². The quantitative estimate of drug-likeness (QED) is 0.351. The van der Waals surface area contributed by atoms with Crippen LogP contribution in [0.25, 0.3) is 0 Å². The van der Waals surface area contributed by atoms with E-state index >= 15 is 0 Å². The molecule has 1 aromatic carbocycles. The van der Waals surface area contributed by atoms with Gasteiger partial charge < -0.3 is 0 Å². The first kappa shape index (κ1) is 22.6. The molecular weight excluding hydrogens is 346 g/mol. The van der Waals surface area contributed by atoms with Crippen LogP contribution in [0, 0.1) is 0 Å². The fraction of sp³-hybridized carbons (Fsp3) is 0.667. The van der Waals surface area contributed by atoms with E-state index in [1.165, 1.54) is 50.5 Å². The molecule has 2 rings (SSSR count). The molecule has 0 aromatic heterocycles. The van der Waals surface area contributed by atoms with Gasteiger partial charge >= 0.3 is 0 Å². The van der Waals surface area contributed by atoms with Crippen molar-refractivity contribution in [2.75, 3.05) is 13.1 Å². The molecule has 156 valence electrons. The zero-order chi connectivity index (χ0) is 19.9. The normalized spacial score (nSPS) is 14.8. The third-order valence-electron chi connectivity index (χ3n) is 5.53. The number of amides is 1. The molecule has 0 saturated carbocycles. The maximum Gasteiger partial charge on any atom is 0.240 e. The molecule has 0 unspecified atom stereocenters. The molecule has 1 amide bonds. The number of hydrogen-bond donors (Lipinski definition) is 1. The molecular formula is C24H39N3O. The number of hydrogen-bond acceptors (Lipinski definition) is 3. The lowest BCUT2D eigenvalue weighted by Crippen LogP contribution is -2.34. The Morgan fingerprint density at radius 1 is 0.929 bits per heavy atom. The minimum Gasteiger partial charge on any atom is -0.298 e. The molecule has 0 bridgehead atoms. The van der Waals surface area contributed by atoms with Crippen LogP contribution in [-0.4, -0.2) is 29.6 Å². The van der Waals surface area contributed by atoms with Crippen LogP contribution in [0.5, 0.6) is 0 Å². The van der Waals surface area contributed by atoms with E-state index < -0.39 is 0 Å². The number of benzene rings is 1. The summed E-state index contributed by atoms with van der Waals surface area (Å²) in [7, 11) is 0. The molecule has 0 aliphatic carbocycles. The van der Waals surface area contributed by atoms with Crippen LogP contribution in [0.4, 0.5) is 0 Å². The second-order valence-corrected chi connectivity index (χ2v) is 8.05. The van der Waals surface area contributed by atoms with Crippen LogP contribution in [0.15, 0.2) is 35.4 Å². The predicted octanol–water partition coefficient (Wildman–Crippen LogP) is 5.68. The lowest BCUT2D eigenvalue weighted by molar-refractivity contribution is -0.121. The van der Waals surface area contributed by atoms with Gasteiger partial charge in [-0.3, -0.25) is 9.69 Å². The fourth-order valence-corrected chi connectivity index (χ4v) is 3.72. The van der Waals surface area contributed by atoms with Crippen molar-refractivity contribution in [2.24, 2.45) is 5.10 Å². The Balaban J connectivity index is 1.49. The van der Waals surface area contributed by atoms with Crippen LogP contribution >= 0.6 is 0 Å². The highest BCUT2D eigenvalue weighted by Crippen LogP contribution is 2.12. The van der Waals surface area contributed by atoms with Crippen LogP contribution < -0.4 is 5.43 Å². The molecule has 1 aromatic rings. The average molecular weight is 386 g/mol. The number of carbonyl (C=O) groups is 1. The Morgan fingerprint density at radius 3 is 2.18 bits per heavy atom. The number of carbonyl (C=O) groups excluding carboxylic acids is 1. The fourth-order valence-electron chi connectivity index (χ4n) is 3.72. The van der Waals surface area contributed by atoms with Gasteiger partial charge in [-0.05, 0) is 12.0 Å². The molecule has 4 heteroatoms. The lowest BCUT2D eigenvalue weighted by Gasteiger charge is -2.27. The summed E-state index contributed by atoms with van der Waals surface area (Å²) in [5, 5.41) is 4.37. The summed E-state index contributed by atoms with van der Waals surface area (Å²) in [6.45, 7) is 5.29. The molecule has 1 fully saturated rings. The number of nitrogens with zero attached hydrogens (tertiary/aromatic N) is 2. The maximum atomic E-state index is 12.0. The van der Waals surface area contributed by atoms with Crippen LogP contribution in [0.3, 0.4) is 0 Å². The number of rotatable bonds is 13. The molecule has 1 aliphatic heterocycles. The van der Waals surface area contributed by atoms with Crippen molar-refractivity contribution in [1.82, 2.24) is 10.3 Å². The van der Waals surface area contributed by atoms with Crippen molar-refractivity contribution in [3.63, 3.8) is 0 Å². The number of piperidine rings is 1. The zero-order valence-electron chi connectivity index (χ0n) is 17.8. The molecule has 0 radical (unpaired) electrons. The van der Waals surface area contributed by atoms with Crippen molar-refractivity contribution in [1.29, 1.82) is 0 Å². The van der Waals surface area contributed by atoms with Crippen molar-refractivity contribution >= 4 is 11.6 Å². The van der Waals surface area contributed by atoms with E-state index in [1.54, 1.807) is 0 Å². The van der Waals surface area contributed by atoms with Crippen molar-refractivity contribution in [3.8, 4) is 0 Å². The molecule has 1 N–H and O–H groups in total. The van der Waals surface area contributed by atoms with E-state index in [4.69, 9.17) is 0 Å². The summed E-state index contributed by atoms with van der Waals surface area (Å²) >= 11 is 0. The topological polar surface area (TPSA) is 44.7 Å². The van der Waals surface area contributed by atoms with Gasteiger partial charge in [0.05, 0.1) is 0 Å². The highest BCUT2D eigenvalue weighted by molar-refractivity contribution is 5.87. The van der Waals surface area contributed by atoms with Gasteiger partial charge in [0.1, 0.15) is 0 Å². The third-order valence-corrected chi connectivity index (χ3v) is 5.53. The standard InChI is InChI=1S/C24H39N3O/c1-2-3-4-5-6-7-8-9-13-16-24(28)26-25-23-17-19-27(20-18-23)21-22-14-11-10-12-15-22/h10-12,14-15H,2-9,13,16-21H2,1H3,(H,26,28). The molecule has 1 heterocycles. The average Bonchev–Trinajstić information content (AvgIpc) is 2.73. The van der Waals surface area contributed by atoms with Crippen molar-refractivity contribution in [3.05, 3.63) is 35.9 Å². The molecule has 4 nitrogen and oxygen atoms in total. The van der Waals surface area contributed by atoms with E-state index in [-0.39, 0.29) is 5.91 Å². The first-order chi connectivity index (χ1) is 13.8. The Morgan fingerprint density at radius 2 is 1.54 bits per heavy atom. The molecule has 1 saturated heterocycles. The van der Waals surface area contributed by atoms with Gasteiger partial charge in [0, 0.05) is 44.6 Å². The van der Waals surface area contributed by atoms with E-state index in [1.807, 2.05) is 0 Å². The summed E-state index contributed by atoms with van der Waals surface area (Å²) in [5.41, 5.74) is 5.26. The van der Waals surface area contributed by atoms with Gasteiger partial charge in [-0.1, -0.05) is 88.6 Å². The zero-order valence-corrected chi connectivity index (χ0v) is 17.8. The Kier molecular flexibility index (Phi) is 11.6. The van der Waals surface area contributed by atoms with Gasteiger partial charge in [0.25, 0.3) is 0 Å². The third kappa shape index (κ3) is 10.0. The van der Waals surface area contributed by atoms with Gasteiger partial charge in [-0.25, -0.2) is 5.43 Å². The van der Waals surface area contributed by atoms with E-state index in [0.717, 1.165) is 51.0 Å². The van der Waals surface area contributed by atoms with Crippen LogP contribution in [0.1, 0.15) is 89.5 Å². The summed E-state index contributed by atoms with van der Waals surface area (Å²) in [5.74, 6) is 0.0714. The van der Waals surface area contributed by atoms with Crippen LogP contribution in [-0.2, 0) is 11.3 Å². The van der Waals surface area contributed by atoms with Crippen LogP contribution in [0.2, 0.25) is 0 Å². The van der Waals surface area contributed by atoms with Gasteiger partial charge in [-0.2, -0.15) is 5.10 Å². The Bertz CT molecular complexity index is 560. The number of unbranched alkanes of at least 4 members (excludes halogenated alkanes) is 8. The van der Waals surface area contributed by atoms with Crippen molar-refractivity contribution in [2.45, 2.75) is 90.5 Å². The summed E-state index contributed by atoms with van der Waals surface area (Å²) in [6, 6.07) is 10.6. The predicted molar refractivity (Wildman–Crippen MR) is 118 cm³/mol. The summed E-state index contributed by atoms with van der Waals surface area (Å²) < 4.78 is 0. The highest BCUT2D eigenvalue weighted by atomic mass is 16.2. The number of likely N-dealkylation sites (tertiary alicyclic amines) is 1. The van der Waals surface area contributed by atoms with E-state index in [9.17, 15) is 4.79 Å². The maximum absolute atomic E-state index is 12.0. The number of hydrazone groups is 1. The number of nitrogens with one attached hydrogen (secondary N) is 1. The highest BCUT2D eigenvalue weighted by Gasteiger charge is 2.15. The molecule has 1 aliphatic rings. The second kappa shape index (κ2) is 14.3. The van der Waals surface area contributed by atoms with Gasteiger partial charge in [0.2, 0.25) is 5.91 Å². The largest absolute Gasteiger partial charge is 0.298 e. The lowest BCUT2D eigenvalue weighted by atomic mass is 10.1. The minimum atomic E-state index is 0.0714. The Hall–Kier alpha value is -1.68. The van der Waals surface area contributed by atoms with Crippen molar-refractivity contribution < 1.29 is 4.79 Å². The first-order valence-corrected chi connectivity index (χ1v) is 11.4. The second-order valence-electron chi connectivity index (χ2n) is 8.05. The summed E-state index contributed by atoms with van der Waals surface area (Å²) in [4.78, 5) is 14.4. The monoisotopic (exact) mass is 385 g/mol. The molecule has 0 spiro atoms. The molecule has 28 heavy (non-hydrogen) atoms. The minimum absolute atomic E-state index is 0.0714.